The summed E-state index contributed by atoms with van der Waals surface area (Å²) in [6, 6.07) is 5.29. The third-order valence-corrected chi connectivity index (χ3v) is 4.87. The molecule has 0 bridgehead atoms. The van der Waals surface area contributed by atoms with Crippen molar-refractivity contribution < 1.29 is 4.39 Å². The summed E-state index contributed by atoms with van der Waals surface area (Å²) in [5.74, 6) is -0.114. The second-order valence-corrected chi connectivity index (χ2v) is 5.97. The van der Waals surface area contributed by atoms with Gasteiger partial charge in [-0.1, -0.05) is 13.8 Å². The maximum Gasteiger partial charge on any atom is 0.123 e. The lowest BCUT2D eigenvalue weighted by molar-refractivity contribution is 0.290. The van der Waals surface area contributed by atoms with Crippen LogP contribution in [0.1, 0.15) is 37.9 Å². The lowest BCUT2D eigenvalue weighted by atomic mass is 9.95. The van der Waals surface area contributed by atoms with Crippen LogP contribution in [0.15, 0.2) is 18.2 Å². The van der Waals surface area contributed by atoms with Crippen molar-refractivity contribution >= 4 is 10.9 Å². The number of likely N-dealkylation sites (N-methyl/N-ethyl adjacent to an activating group) is 1. The standard InChI is InChI=1S/C18H25FN2/c1-3-20(4-2)11-12-21-17-8-6-5-7-15(17)16-13-14(19)9-10-18(16)21/h9-10,13H,3-8,11-12H2,1-2H3. The lowest BCUT2D eigenvalue weighted by Crippen LogP contribution is -2.27. The van der Waals surface area contributed by atoms with E-state index in [0.29, 0.717) is 0 Å². The van der Waals surface area contributed by atoms with Gasteiger partial charge in [0, 0.05) is 29.7 Å². The van der Waals surface area contributed by atoms with Gasteiger partial charge in [-0.15, -0.1) is 0 Å². The first-order valence-corrected chi connectivity index (χ1v) is 8.26. The van der Waals surface area contributed by atoms with Crippen LogP contribution >= 0.6 is 0 Å². The van der Waals surface area contributed by atoms with Gasteiger partial charge in [-0.2, -0.15) is 0 Å². The Morgan fingerprint density at radius 1 is 1.14 bits per heavy atom. The first kappa shape index (κ1) is 14.6. The third kappa shape index (κ3) is 2.71. The highest BCUT2D eigenvalue weighted by Gasteiger charge is 2.20. The van der Waals surface area contributed by atoms with Gasteiger partial charge in [-0.3, -0.25) is 0 Å². The van der Waals surface area contributed by atoms with Gasteiger partial charge in [0.15, 0.2) is 0 Å². The molecule has 0 aliphatic heterocycles. The minimum absolute atomic E-state index is 0.114. The van der Waals surface area contributed by atoms with Crippen LogP contribution < -0.4 is 0 Å². The van der Waals surface area contributed by atoms with Gasteiger partial charge in [-0.25, -0.2) is 4.39 Å². The Morgan fingerprint density at radius 3 is 2.67 bits per heavy atom. The van der Waals surface area contributed by atoms with Gasteiger partial charge in [0.05, 0.1) is 0 Å². The van der Waals surface area contributed by atoms with Crippen LogP contribution in [-0.2, 0) is 19.4 Å². The van der Waals surface area contributed by atoms with E-state index in [9.17, 15) is 4.39 Å². The van der Waals surface area contributed by atoms with Crippen molar-refractivity contribution in [2.45, 2.75) is 46.1 Å². The molecule has 0 saturated carbocycles. The zero-order valence-corrected chi connectivity index (χ0v) is 13.2. The second kappa shape index (κ2) is 6.18. The van der Waals surface area contributed by atoms with Crippen LogP contribution in [-0.4, -0.2) is 29.1 Å². The summed E-state index contributed by atoms with van der Waals surface area (Å²) < 4.78 is 16.1. The second-order valence-electron chi connectivity index (χ2n) is 5.97. The Labute approximate surface area is 126 Å². The van der Waals surface area contributed by atoms with E-state index in [1.807, 2.05) is 6.07 Å². The largest absolute Gasteiger partial charge is 0.343 e. The predicted octanol–water partition coefficient (Wildman–Crippen LogP) is 4.00. The molecule has 0 atom stereocenters. The topological polar surface area (TPSA) is 8.17 Å². The molecule has 1 heterocycles. The highest BCUT2D eigenvalue weighted by Crippen LogP contribution is 2.32. The highest BCUT2D eigenvalue weighted by atomic mass is 19.1. The summed E-state index contributed by atoms with van der Waals surface area (Å²) in [5, 5.41) is 1.14. The van der Waals surface area contributed by atoms with Crippen molar-refractivity contribution in [2.75, 3.05) is 19.6 Å². The normalized spacial score (nSPS) is 14.9. The smallest absolute Gasteiger partial charge is 0.123 e. The van der Waals surface area contributed by atoms with E-state index in [1.165, 1.54) is 29.6 Å². The number of nitrogens with zero attached hydrogens (tertiary/aromatic N) is 2. The first-order chi connectivity index (χ1) is 10.2. The average molecular weight is 288 g/mol. The van der Waals surface area contributed by atoms with Gasteiger partial charge in [0.2, 0.25) is 0 Å². The molecule has 1 aromatic heterocycles. The Balaban J connectivity index is 2.00. The molecule has 1 aliphatic rings. The molecule has 0 N–H and O–H groups in total. The van der Waals surface area contributed by atoms with Crippen molar-refractivity contribution in [2.24, 2.45) is 0 Å². The van der Waals surface area contributed by atoms with Crippen molar-refractivity contribution in [1.82, 2.24) is 9.47 Å². The average Bonchev–Trinajstić information content (AvgIpc) is 2.82. The maximum absolute atomic E-state index is 13.6. The van der Waals surface area contributed by atoms with E-state index in [1.54, 1.807) is 12.1 Å². The SMILES string of the molecule is CCN(CC)CCn1c2c(c3cc(F)ccc31)CCCC2. The molecular formula is C18H25FN2. The molecule has 3 rings (SSSR count). The number of benzene rings is 1. The van der Waals surface area contributed by atoms with Gasteiger partial charge in [-0.05, 0) is 62.5 Å². The van der Waals surface area contributed by atoms with Crippen LogP contribution in [0.4, 0.5) is 4.39 Å². The molecule has 0 saturated heterocycles. The van der Waals surface area contributed by atoms with Crippen LogP contribution in [0.2, 0.25) is 0 Å². The molecule has 114 valence electrons. The molecule has 2 aromatic rings. The number of aromatic nitrogens is 1. The van der Waals surface area contributed by atoms with E-state index < -0.39 is 0 Å². The number of rotatable bonds is 5. The van der Waals surface area contributed by atoms with E-state index in [0.717, 1.165) is 44.4 Å². The molecule has 1 aliphatic carbocycles. The summed E-state index contributed by atoms with van der Waals surface area (Å²) in [7, 11) is 0. The monoisotopic (exact) mass is 288 g/mol. The van der Waals surface area contributed by atoms with Gasteiger partial charge in [0.25, 0.3) is 0 Å². The number of halogens is 1. The van der Waals surface area contributed by atoms with Crippen molar-refractivity contribution in [1.29, 1.82) is 0 Å². The third-order valence-electron chi connectivity index (χ3n) is 4.87. The van der Waals surface area contributed by atoms with Crippen molar-refractivity contribution in [3.05, 3.63) is 35.3 Å². The van der Waals surface area contributed by atoms with Gasteiger partial charge in [0.1, 0.15) is 5.82 Å². The Hall–Kier alpha value is -1.35. The Kier molecular flexibility index (Phi) is 4.29. The fourth-order valence-corrected chi connectivity index (χ4v) is 3.64. The van der Waals surface area contributed by atoms with Crippen LogP contribution in [0.5, 0.6) is 0 Å². The number of aryl methyl sites for hydroxylation is 1. The minimum atomic E-state index is -0.114. The zero-order chi connectivity index (χ0) is 14.8. The Bertz CT molecular complexity index is 626. The predicted molar refractivity (Wildman–Crippen MR) is 86.3 cm³/mol. The van der Waals surface area contributed by atoms with Crippen LogP contribution in [0, 0.1) is 5.82 Å². The van der Waals surface area contributed by atoms with Crippen LogP contribution in [0.25, 0.3) is 10.9 Å². The summed E-state index contributed by atoms with van der Waals surface area (Å²) >= 11 is 0. The number of hydrogen-bond donors (Lipinski definition) is 0. The molecule has 2 nitrogen and oxygen atoms in total. The molecule has 21 heavy (non-hydrogen) atoms. The number of hydrogen-bond acceptors (Lipinski definition) is 1. The Morgan fingerprint density at radius 2 is 1.90 bits per heavy atom. The van der Waals surface area contributed by atoms with E-state index in [-0.39, 0.29) is 5.82 Å². The molecule has 0 spiro atoms. The van der Waals surface area contributed by atoms with E-state index in [4.69, 9.17) is 0 Å². The van der Waals surface area contributed by atoms with Gasteiger partial charge < -0.3 is 9.47 Å². The molecule has 0 radical (unpaired) electrons. The van der Waals surface area contributed by atoms with E-state index in [2.05, 4.69) is 23.3 Å². The summed E-state index contributed by atoms with van der Waals surface area (Å²) in [5.41, 5.74) is 4.07. The zero-order valence-electron chi connectivity index (χ0n) is 13.2. The summed E-state index contributed by atoms with van der Waals surface area (Å²) in [6.07, 6.45) is 4.74. The fraction of sp³-hybridized carbons (Fsp3) is 0.556. The molecular weight excluding hydrogens is 263 g/mol. The highest BCUT2D eigenvalue weighted by molar-refractivity contribution is 5.86. The van der Waals surface area contributed by atoms with Crippen molar-refractivity contribution in [3.8, 4) is 0 Å². The molecule has 0 unspecified atom stereocenters. The quantitative estimate of drug-likeness (QED) is 0.807. The summed E-state index contributed by atoms with van der Waals surface area (Å²) in [4.78, 5) is 2.45. The fourth-order valence-electron chi connectivity index (χ4n) is 3.64. The molecule has 0 amide bonds. The molecule has 1 aromatic carbocycles. The minimum Gasteiger partial charge on any atom is -0.343 e. The summed E-state index contributed by atoms with van der Waals surface area (Å²) in [6.45, 7) is 8.68. The van der Waals surface area contributed by atoms with Crippen molar-refractivity contribution in [3.63, 3.8) is 0 Å². The van der Waals surface area contributed by atoms with Crippen LogP contribution in [0.3, 0.4) is 0 Å². The van der Waals surface area contributed by atoms with Gasteiger partial charge >= 0.3 is 0 Å². The first-order valence-electron chi connectivity index (χ1n) is 8.26. The lowest BCUT2D eigenvalue weighted by Gasteiger charge is -2.21. The molecule has 3 heteroatoms. The van der Waals surface area contributed by atoms with E-state index >= 15 is 0 Å². The number of fused-ring (bicyclic) bond motifs is 3. The molecule has 0 fully saturated rings. The maximum atomic E-state index is 13.6.